The first-order valence-corrected chi connectivity index (χ1v) is 10.1. The minimum atomic E-state index is -3.53. The number of hydrogen-bond donors (Lipinski definition) is 1. The third kappa shape index (κ3) is 3.98. The average Bonchev–Trinajstić information content (AvgIpc) is 2.63. The molecule has 0 spiro atoms. The fourth-order valence-electron chi connectivity index (χ4n) is 3.12. The van der Waals surface area contributed by atoms with Crippen LogP contribution in [-0.2, 0) is 15.8 Å². The summed E-state index contributed by atoms with van der Waals surface area (Å²) in [5.41, 5.74) is 1.47. The molecule has 1 aliphatic heterocycles. The molecule has 5 nitrogen and oxygen atoms in total. The van der Waals surface area contributed by atoms with Crippen LogP contribution in [0.2, 0.25) is 5.02 Å². The van der Waals surface area contributed by atoms with E-state index in [2.05, 4.69) is 5.32 Å². The number of nitrogens with zero attached hydrogens (tertiary/aromatic N) is 1. The number of halogens is 1. The predicted octanol–water partition coefficient (Wildman–Crippen LogP) is 2.82. The van der Waals surface area contributed by atoms with Crippen molar-refractivity contribution in [3.05, 3.63) is 64.7 Å². The van der Waals surface area contributed by atoms with Crippen LogP contribution in [0.15, 0.2) is 48.5 Å². The molecular weight excluding hydrogens is 360 g/mol. The summed E-state index contributed by atoms with van der Waals surface area (Å²) in [6.45, 7) is 1.57. The van der Waals surface area contributed by atoms with Gasteiger partial charge in [-0.2, -0.15) is 4.31 Å². The Balaban J connectivity index is 1.94. The smallest absolute Gasteiger partial charge is 0.218 e. The Labute approximate surface area is 153 Å². The summed E-state index contributed by atoms with van der Waals surface area (Å²) in [4.78, 5) is 0. The Morgan fingerprint density at radius 2 is 1.92 bits per heavy atom. The third-order valence-corrected chi connectivity index (χ3v) is 6.54. The Hall–Kier alpha value is -1.60. The molecule has 7 heteroatoms. The Bertz CT molecular complexity index is 842. The van der Waals surface area contributed by atoms with Gasteiger partial charge in [-0.05, 0) is 17.7 Å². The highest BCUT2D eigenvalue weighted by Gasteiger charge is 2.34. The van der Waals surface area contributed by atoms with Crippen molar-refractivity contribution >= 4 is 21.6 Å². The molecule has 1 heterocycles. The van der Waals surface area contributed by atoms with Gasteiger partial charge in [0.25, 0.3) is 0 Å². The second kappa shape index (κ2) is 7.74. The fraction of sp³-hybridized carbons (Fsp3) is 0.333. The first-order valence-electron chi connectivity index (χ1n) is 8.09. The van der Waals surface area contributed by atoms with Crippen molar-refractivity contribution in [3.8, 4) is 5.75 Å². The highest BCUT2D eigenvalue weighted by molar-refractivity contribution is 7.88. The molecule has 1 saturated heterocycles. The van der Waals surface area contributed by atoms with Gasteiger partial charge < -0.3 is 10.1 Å². The Morgan fingerprint density at radius 1 is 1.20 bits per heavy atom. The van der Waals surface area contributed by atoms with Crippen molar-refractivity contribution in [2.45, 2.75) is 11.8 Å². The van der Waals surface area contributed by atoms with E-state index >= 15 is 0 Å². The SMILES string of the molecule is COc1ccccc1C1CNCCN1S(=O)(=O)Cc1ccccc1Cl. The molecule has 1 aliphatic rings. The van der Waals surface area contributed by atoms with Crippen LogP contribution >= 0.6 is 11.6 Å². The van der Waals surface area contributed by atoms with Crippen molar-refractivity contribution in [3.63, 3.8) is 0 Å². The largest absolute Gasteiger partial charge is 0.496 e. The summed E-state index contributed by atoms with van der Waals surface area (Å²) >= 11 is 6.15. The summed E-state index contributed by atoms with van der Waals surface area (Å²) in [5.74, 6) is 0.576. The van der Waals surface area contributed by atoms with E-state index in [4.69, 9.17) is 16.3 Å². The van der Waals surface area contributed by atoms with Gasteiger partial charge in [-0.1, -0.05) is 48.0 Å². The highest BCUT2D eigenvalue weighted by Crippen LogP contribution is 2.33. The lowest BCUT2D eigenvalue weighted by Gasteiger charge is -2.36. The maximum Gasteiger partial charge on any atom is 0.218 e. The van der Waals surface area contributed by atoms with Crippen LogP contribution in [0.25, 0.3) is 0 Å². The molecule has 2 aromatic rings. The van der Waals surface area contributed by atoms with Crippen LogP contribution in [0.4, 0.5) is 0 Å². The molecule has 1 N–H and O–H groups in total. The molecule has 0 aromatic heterocycles. The van der Waals surface area contributed by atoms with Gasteiger partial charge in [0.1, 0.15) is 5.75 Å². The highest BCUT2D eigenvalue weighted by atomic mass is 35.5. The van der Waals surface area contributed by atoms with E-state index in [0.717, 1.165) is 5.56 Å². The maximum absolute atomic E-state index is 13.1. The molecule has 1 atom stereocenters. The quantitative estimate of drug-likeness (QED) is 0.866. The minimum Gasteiger partial charge on any atom is -0.496 e. The maximum atomic E-state index is 13.1. The van der Waals surface area contributed by atoms with Crippen LogP contribution in [-0.4, -0.2) is 39.5 Å². The number of rotatable bonds is 5. The summed E-state index contributed by atoms with van der Waals surface area (Å²) in [5, 5.41) is 3.74. The number of benzene rings is 2. The number of nitrogens with one attached hydrogen (secondary N) is 1. The number of methoxy groups -OCH3 is 1. The minimum absolute atomic E-state index is 0.113. The molecule has 0 radical (unpaired) electrons. The summed E-state index contributed by atoms with van der Waals surface area (Å²) < 4.78 is 33.2. The van der Waals surface area contributed by atoms with Crippen molar-refractivity contribution in [1.29, 1.82) is 0 Å². The van der Waals surface area contributed by atoms with Crippen LogP contribution in [0.5, 0.6) is 5.75 Å². The number of sulfonamides is 1. The first kappa shape index (κ1) is 18.2. The van der Waals surface area contributed by atoms with Crippen LogP contribution in [0, 0.1) is 0 Å². The van der Waals surface area contributed by atoms with Crippen molar-refractivity contribution in [2.75, 3.05) is 26.7 Å². The first-order chi connectivity index (χ1) is 12.0. The molecule has 0 amide bonds. The van der Waals surface area contributed by atoms with E-state index in [0.29, 0.717) is 36.0 Å². The number of hydrogen-bond acceptors (Lipinski definition) is 4. The third-order valence-electron chi connectivity index (χ3n) is 4.35. The average molecular weight is 381 g/mol. The van der Waals surface area contributed by atoms with E-state index in [-0.39, 0.29) is 11.8 Å². The van der Waals surface area contributed by atoms with E-state index in [9.17, 15) is 8.42 Å². The van der Waals surface area contributed by atoms with Gasteiger partial charge in [0.05, 0.1) is 18.9 Å². The molecule has 0 saturated carbocycles. The van der Waals surface area contributed by atoms with E-state index < -0.39 is 10.0 Å². The van der Waals surface area contributed by atoms with Crippen molar-refractivity contribution < 1.29 is 13.2 Å². The van der Waals surface area contributed by atoms with Gasteiger partial charge >= 0.3 is 0 Å². The van der Waals surface area contributed by atoms with Gasteiger partial charge in [0.15, 0.2) is 0 Å². The zero-order chi connectivity index (χ0) is 17.9. The number of ether oxygens (including phenoxy) is 1. The normalized spacial score (nSPS) is 18.9. The zero-order valence-corrected chi connectivity index (χ0v) is 15.6. The van der Waals surface area contributed by atoms with Gasteiger partial charge in [0.2, 0.25) is 10.0 Å². The molecule has 3 rings (SSSR count). The molecule has 1 fully saturated rings. The topological polar surface area (TPSA) is 58.6 Å². The summed E-state index contributed by atoms with van der Waals surface area (Å²) in [7, 11) is -1.93. The molecule has 0 bridgehead atoms. The van der Waals surface area contributed by atoms with E-state index in [1.165, 1.54) is 0 Å². The standard InChI is InChI=1S/C18H21ClN2O3S/c1-24-18-9-5-3-7-15(18)17-12-20-10-11-21(17)25(22,23)13-14-6-2-4-8-16(14)19/h2-9,17,20H,10-13H2,1H3. The molecule has 1 unspecified atom stereocenters. The summed E-state index contributed by atoms with van der Waals surface area (Å²) in [6, 6.07) is 14.3. The Morgan fingerprint density at radius 3 is 2.68 bits per heavy atom. The molecular formula is C18H21ClN2O3S. The summed E-state index contributed by atoms with van der Waals surface area (Å²) in [6.07, 6.45) is 0. The van der Waals surface area contributed by atoms with E-state index in [1.54, 1.807) is 35.7 Å². The molecule has 25 heavy (non-hydrogen) atoms. The lowest BCUT2D eigenvalue weighted by atomic mass is 10.0. The van der Waals surface area contributed by atoms with Crippen LogP contribution in [0.1, 0.15) is 17.2 Å². The van der Waals surface area contributed by atoms with Crippen molar-refractivity contribution in [2.24, 2.45) is 0 Å². The number of para-hydroxylation sites is 1. The zero-order valence-electron chi connectivity index (χ0n) is 14.0. The van der Waals surface area contributed by atoms with Crippen molar-refractivity contribution in [1.82, 2.24) is 9.62 Å². The number of piperazine rings is 1. The van der Waals surface area contributed by atoms with Gasteiger partial charge in [-0.3, -0.25) is 0 Å². The fourth-order valence-corrected chi connectivity index (χ4v) is 5.16. The second-order valence-corrected chi connectivity index (χ2v) is 8.25. The molecule has 134 valence electrons. The molecule has 2 aromatic carbocycles. The van der Waals surface area contributed by atoms with Gasteiger partial charge in [0, 0.05) is 30.2 Å². The predicted molar refractivity (Wildman–Crippen MR) is 99.4 cm³/mol. The van der Waals surface area contributed by atoms with Gasteiger partial charge in [-0.25, -0.2) is 8.42 Å². The monoisotopic (exact) mass is 380 g/mol. The van der Waals surface area contributed by atoms with Crippen LogP contribution < -0.4 is 10.1 Å². The molecule has 0 aliphatic carbocycles. The Kier molecular flexibility index (Phi) is 5.64. The van der Waals surface area contributed by atoms with E-state index in [1.807, 2.05) is 24.3 Å². The van der Waals surface area contributed by atoms with Crippen LogP contribution in [0.3, 0.4) is 0 Å². The van der Waals surface area contributed by atoms with Gasteiger partial charge in [-0.15, -0.1) is 0 Å². The second-order valence-electron chi connectivity index (χ2n) is 5.92. The lowest BCUT2D eigenvalue weighted by Crippen LogP contribution is -2.49. The lowest BCUT2D eigenvalue weighted by molar-refractivity contribution is 0.264.